The van der Waals surface area contributed by atoms with Crippen LogP contribution in [-0.2, 0) is 19.8 Å². The summed E-state index contributed by atoms with van der Waals surface area (Å²) in [4.78, 5) is 23.8. The first-order chi connectivity index (χ1) is 11.1. The molecule has 9 heteroatoms. The molecule has 2 aromatic rings. The molecule has 0 aliphatic heterocycles. The van der Waals surface area contributed by atoms with Crippen molar-refractivity contribution >= 4 is 5.91 Å². The zero-order chi connectivity index (χ0) is 18.1. The second-order valence-corrected chi connectivity index (χ2v) is 5.52. The van der Waals surface area contributed by atoms with Crippen LogP contribution in [0.4, 0.5) is 13.2 Å². The van der Waals surface area contributed by atoms with Crippen molar-refractivity contribution in [1.82, 2.24) is 19.7 Å². The Balaban J connectivity index is 2.04. The number of rotatable bonds is 4. The molecule has 1 aromatic carbocycles. The number of amides is 1. The highest BCUT2D eigenvalue weighted by atomic mass is 19.4. The zero-order valence-electron chi connectivity index (χ0n) is 13.4. The van der Waals surface area contributed by atoms with E-state index in [0.717, 1.165) is 18.2 Å². The largest absolute Gasteiger partial charge is 0.451 e. The van der Waals surface area contributed by atoms with Crippen molar-refractivity contribution in [3.8, 4) is 0 Å². The van der Waals surface area contributed by atoms with Crippen LogP contribution in [0.15, 0.2) is 23.0 Å². The number of benzene rings is 1. The van der Waals surface area contributed by atoms with E-state index in [9.17, 15) is 22.8 Å². The lowest BCUT2D eigenvalue weighted by molar-refractivity contribution is -0.147. The van der Waals surface area contributed by atoms with Gasteiger partial charge in [-0.2, -0.15) is 13.2 Å². The number of hydrogen-bond acceptors (Lipinski definition) is 3. The van der Waals surface area contributed by atoms with Crippen LogP contribution in [0.5, 0.6) is 0 Å². The molecule has 2 rings (SSSR count). The minimum atomic E-state index is -4.71. The highest BCUT2D eigenvalue weighted by Gasteiger charge is 2.37. The number of nitrogens with one attached hydrogen (secondary N) is 1. The summed E-state index contributed by atoms with van der Waals surface area (Å²) in [6, 6.07) is 5.33. The molecule has 1 amide bonds. The van der Waals surface area contributed by atoms with Crippen LogP contribution in [0, 0.1) is 13.8 Å². The summed E-state index contributed by atoms with van der Waals surface area (Å²) in [6.45, 7) is 3.55. The lowest BCUT2D eigenvalue weighted by Crippen LogP contribution is -2.31. The number of aryl methyl sites for hydroxylation is 2. The quantitative estimate of drug-likeness (QED) is 0.919. The van der Waals surface area contributed by atoms with E-state index < -0.39 is 17.7 Å². The summed E-state index contributed by atoms with van der Waals surface area (Å²) in [6.07, 6.45) is -4.71. The van der Waals surface area contributed by atoms with Crippen LogP contribution in [-0.4, -0.2) is 26.8 Å². The van der Waals surface area contributed by atoms with Crippen molar-refractivity contribution in [2.24, 2.45) is 7.05 Å². The molecule has 24 heavy (non-hydrogen) atoms. The van der Waals surface area contributed by atoms with Gasteiger partial charge in [-0.1, -0.05) is 17.2 Å². The van der Waals surface area contributed by atoms with Crippen LogP contribution in [0.25, 0.3) is 0 Å². The van der Waals surface area contributed by atoms with Gasteiger partial charge in [0.2, 0.25) is 5.82 Å². The fourth-order valence-electron chi connectivity index (χ4n) is 2.36. The van der Waals surface area contributed by atoms with E-state index in [1.807, 2.05) is 19.9 Å². The van der Waals surface area contributed by atoms with Crippen molar-refractivity contribution in [2.75, 3.05) is 6.54 Å². The second kappa shape index (κ2) is 6.50. The third-order valence-electron chi connectivity index (χ3n) is 3.39. The van der Waals surface area contributed by atoms with Crippen LogP contribution in [0.2, 0.25) is 0 Å². The van der Waals surface area contributed by atoms with Crippen molar-refractivity contribution in [2.45, 2.75) is 26.6 Å². The normalized spacial score (nSPS) is 11.6. The predicted octanol–water partition coefficient (Wildman–Crippen LogP) is 1.65. The molecule has 1 aromatic heterocycles. The molecule has 0 radical (unpaired) electrons. The van der Waals surface area contributed by atoms with Crippen LogP contribution in [0.3, 0.4) is 0 Å². The summed E-state index contributed by atoms with van der Waals surface area (Å²) < 4.78 is 39.2. The average Bonchev–Trinajstić information content (AvgIpc) is 2.74. The number of hydrogen-bond donors (Lipinski definition) is 1. The fraction of sp³-hybridized carbons (Fsp3) is 0.400. The number of carbonyl (C=O) groups is 1. The molecule has 1 N–H and O–H groups in total. The molecule has 0 aliphatic carbocycles. The van der Waals surface area contributed by atoms with Gasteiger partial charge in [0.05, 0.1) is 6.54 Å². The number of aromatic nitrogens is 3. The van der Waals surface area contributed by atoms with Crippen molar-refractivity contribution in [1.29, 1.82) is 0 Å². The minimum Gasteiger partial charge on any atom is -0.350 e. The first-order valence-electron chi connectivity index (χ1n) is 7.17. The van der Waals surface area contributed by atoms with Crippen molar-refractivity contribution in [3.05, 3.63) is 51.2 Å². The SMILES string of the molecule is Cc1cc(C)cc(C(=O)NCCn2nc(C(F)(F)F)n(C)c2=O)c1. The Morgan fingerprint density at radius 2 is 1.79 bits per heavy atom. The molecule has 0 aliphatic rings. The zero-order valence-corrected chi connectivity index (χ0v) is 13.4. The molecule has 0 bridgehead atoms. The number of nitrogens with zero attached hydrogens (tertiary/aromatic N) is 3. The number of alkyl halides is 3. The third kappa shape index (κ3) is 3.84. The Hall–Kier alpha value is -2.58. The van der Waals surface area contributed by atoms with E-state index in [1.54, 1.807) is 12.1 Å². The molecule has 1 heterocycles. The van der Waals surface area contributed by atoms with E-state index in [0.29, 0.717) is 14.8 Å². The van der Waals surface area contributed by atoms with Gasteiger partial charge in [-0.05, 0) is 26.0 Å². The smallest absolute Gasteiger partial charge is 0.350 e. The molecule has 6 nitrogen and oxygen atoms in total. The Bertz CT molecular complexity index is 801. The Morgan fingerprint density at radius 3 is 2.29 bits per heavy atom. The summed E-state index contributed by atoms with van der Waals surface area (Å²) >= 11 is 0. The highest BCUT2D eigenvalue weighted by Crippen LogP contribution is 2.25. The fourth-order valence-corrected chi connectivity index (χ4v) is 2.36. The van der Waals surface area contributed by atoms with Gasteiger partial charge in [-0.15, -0.1) is 5.10 Å². The van der Waals surface area contributed by atoms with E-state index >= 15 is 0 Å². The molecule has 0 spiro atoms. The molecular formula is C15H17F3N4O2. The van der Waals surface area contributed by atoms with E-state index in [-0.39, 0.29) is 19.0 Å². The van der Waals surface area contributed by atoms with Crippen LogP contribution >= 0.6 is 0 Å². The van der Waals surface area contributed by atoms with E-state index in [4.69, 9.17) is 0 Å². The third-order valence-corrected chi connectivity index (χ3v) is 3.39. The molecule has 130 valence electrons. The Morgan fingerprint density at radius 1 is 1.21 bits per heavy atom. The Labute approximate surface area is 135 Å². The average molecular weight is 342 g/mol. The van der Waals surface area contributed by atoms with Crippen molar-refractivity contribution in [3.63, 3.8) is 0 Å². The summed E-state index contributed by atoms with van der Waals surface area (Å²) in [5.41, 5.74) is 1.42. The number of halogens is 3. The molecule has 0 saturated carbocycles. The van der Waals surface area contributed by atoms with E-state index in [1.165, 1.54) is 0 Å². The highest BCUT2D eigenvalue weighted by molar-refractivity contribution is 5.94. The van der Waals surface area contributed by atoms with Crippen LogP contribution < -0.4 is 11.0 Å². The maximum atomic E-state index is 12.7. The molecule has 0 fully saturated rings. The lowest BCUT2D eigenvalue weighted by atomic mass is 10.1. The molecule has 0 atom stereocenters. The van der Waals surface area contributed by atoms with Gasteiger partial charge < -0.3 is 5.32 Å². The van der Waals surface area contributed by atoms with Crippen molar-refractivity contribution < 1.29 is 18.0 Å². The first kappa shape index (κ1) is 17.8. The summed E-state index contributed by atoms with van der Waals surface area (Å²) in [5.74, 6) is -1.63. The standard InChI is InChI=1S/C15H17F3N4O2/c1-9-6-10(2)8-11(7-9)12(23)19-4-5-22-14(24)21(3)13(20-22)15(16,17)18/h6-8H,4-5H2,1-3H3,(H,19,23). The van der Waals surface area contributed by atoms with Gasteiger partial charge in [-0.25, -0.2) is 9.48 Å². The minimum absolute atomic E-state index is 0.0138. The molecule has 0 saturated heterocycles. The van der Waals surface area contributed by atoms with Gasteiger partial charge in [-0.3, -0.25) is 9.36 Å². The van der Waals surface area contributed by atoms with Gasteiger partial charge in [0.1, 0.15) is 0 Å². The topological polar surface area (TPSA) is 68.9 Å². The molecular weight excluding hydrogens is 325 g/mol. The van der Waals surface area contributed by atoms with Gasteiger partial charge in [0, 0.05) is 19.2 Å². The van der Waals surface area contributed by atoms with E-state index in [2.05, 4.69) is 10.4 Å². The monoisotopic (exact) mass is 342 g/mol. The van der Waals surface area contributed by atoms with Crippen LogP contribution in [0.1, 0.15) is 27.3 Å². The van der Waals surface area contributed by atoms with Gasteiger partial charge >= 0.3 is 11.9 Å². The maximum absolute atomic E-state index is 12.7. The van der Waals surface area contributed by atoms with Gasteiger partial charge in [0.15, 0.2) is 0 Å². The maximum Gasteiger partial charge on any atom is 0.451 e. The predicted molar refractivity (Wildman–Crippen MR) is 80.7 cm³/mol. The summed E-state index contributed by atoms with van der Waals surface area (Å²) in [7, 11) is 1.00. The number of carbonyl (C=O) groups excluding carboxylic acids is 1. The second-order valence-electron chi connectivity index (χ2n) is 5.52. The van der Waals surface area contributed by atoms with Gasteiger partial charge in [0.25, 0.3) is 5.91 Å². The molecule has 0 unspecified atom stereocenters. The summed E-state index contributed by atoms with van der Waals surface area (Å²) in [5, 5.41) is 5.84. The lowest BCUT2D eigenvalue weighted by Gasteiger charge is -2.07. The first-order valence-corrected chi connectivity index (χ1v) is 7.17. The Kier molecular flexibility index (Phi) is 4.81.